The van der Waals surface area contributed by atoms with Gasteiger partial charge in [0.15, 0.2) is 0 Å². The van der Waals surface area contributed by atoms with E-state index in [1.807, 2.05) is 46.4 Å². The third kappa shape index (κ3) is 26.9. The van der Waals surface area contributed by atoms with Crippen molar-refractivity contribution in [1.29, 1.82) is 0 Å². The van der Waals surface area contributed by atoms with Crippen LogP contribution in [0.1, 0.15) is 166 Å². The number of Topliss-reactive ketones (excluding diaryl/α,β-unsaturated/α-hetero) is 1. The van der Waals surface area contributed by atoms with Gasteiger partial charge < -0.3 is 70.1 Å². The molecule has 6 atom stereocenters. The normalized spacial score (nSPS) is 27.4. The van der Waals surface area contributed by atoms with Crippen molar-refractivity contribution in [3.8, 4) is 0 Å². The summed E-state index contributed by atoms with van der Waals surface area (Å²) < 4.78 is 15.0. The van der Waals surface area contributed by atoms with Gasteiger partial charge in [-0.2, -0.15) is 0 Å². The zero-order chi connectivity index (χ0) is 50.0. The van der Waals surface area contributed by atoms with Gasteiger partial charge in [0.1, 0.15) is 17.0 Å². The first kappa shape index (κ1) is 68.8. The van der Waals surface area contributed by atoms with E-state index in [0.717, 1.165) is 77.9 Å². The van der Waals surface area contributed by atoms with Crippen molar-refractivity contribution in [2.45, 2.75) is 219 Å². The molecule has 4 heterocycles. The first-order valence-electron chi connectivity index (χ1n) is 24.5. The van der Waals surface area contributed by atoms with Crippen LogP contribution in [0.5, 0.6) is 0 Å². The molecule has 2 saturated carbocycles. The molecule has 2 unspecified atom stereocenters. The maximum absolute atomic E-state index is 12.4. The van der Waals surface area contributed by atoms with Gasteiger partial charge in [0, 0.05) is 120 Å². The van der Waals surface area contributed by atoms with E-state index in [1.165, 1.54) is 65.7 Å². The Morgan fingerprint density at radius 1 is 0.609 bits per heavy atom. The molecule has 2 aliphatic carbocycles. The predicted octanol–water partition coefficient (Wildman–Crippen LogP) is 0.128. The van der Waals surface area contributed by atoms with Crippen LogP contribution in [0.15, 0.2) is 0 Å². The monoisotopic (exact) mass is 992 g/mol. The fourth-order valence-electron chi connectivity index (χ4n) is 9.31. The van der Waals surface area contributed by atoms with Crippen LogP contribution in [0.25, 0.3) is 0 Å². The van der Waals surface area contributed by atoms with Gasteiger partial charge in [-0.15, -0.1) is 5.68 Å². The molecule has 0 aromatic carbocycles. The van der Waals surface area contributed by atoms with E-state index in [2.05, 4.69) is 41.5 Å². The van der Waals surface area contributed by atoms with Gasteiger partial charge >= 0.3 is 53.7 Å². The number of esters is 2. The SMILES string of the molecule is CC(=O)OC(C)=O.CC(C)(C)OC(=O)N1CCC(C)(N2CCC(=O)CC2)C1.CC(C)(C)OC(=O)N1CCC(C)(N2CCC(N[C@@H]3CCCC[C@H]3N)CC2)C1.N[C@@H]1CCCC[C@H]1N.O.O.[B-]C(C)=O.[Na+]. The van der Waals surface area contributed by atoms with Gasteiger partial charge in [-0.25, -0.2) is 9.59 Å². The molecule has 3 radical (unpaired) electrons. The maximum Gasteiger partial charge on any atom is 1.00 e. The predicted molar refractivity (Wildman–Crippen MR) is 266 cm³/mol. The Labute approximate surface area is 437 Å². The average Bonchev–Trinajstić information content (AvgIpc) is 3.81. The first-order valence-corrected chi connectivity index (χ1v) is 24.5. The molecule has 0 aromatic heterocycles. The number of nitrogens with zero attached hydrogens (tertiary/aromatic N) is 4. The van der Waals surface area contributed by atoms with Crippen molar-refractivity contribution in [3.63, 3.8) is 0 Å². The van der Waals surface area contributed by atoms with Crippen molar-refractivity contribution in [1.82, 2.24) is 24.9 Å². The topological polar surface area (TPSA) is 296 Å². The number of nitrogens with two attached hydrogens (primary N) is 3. The van der Waals surface area contributed by atoms with Crippen molar-refractivity contribution in [2.24, 2.45) is 17.2 Å². The van der Waals surface area contributed by atoms with E-state index in [1.54, 1.807) is 4.90 Å². The van der Waals surface area contributed by atoms with Crippen molar-refractivity contribution >= 4 is 43.4 Å². The fourth-order valence-corrected chi connectivity index (χ4v) is 9.31. The number of hydrogen-bond donors (Lipinski definition) is 4. The number of hydrogen-bond acceptors (Lipinski definition) is 15. The summed E-state index contributed by atoms with van der Waals surface area (Å²) in [5.41, 5.74) is 16.5. The smallest absolute Gasteiger partial charge is 0.528 e. The Balaban J connectivity index is 0. The zero-order valence-electron chi connectivity index (χ0n) is 44.7. The van der Waals surface area contributed by atoms with Gasteiger partial charge in [0.05, 0.1) is 0 Å². The Morgan fingerprint density at radius 3 is 1.28 bits per heavy atom. The summed E-state index contributed by atoms with van der Waals surface area (Å²) in [6.07, 6.45) is 15.0. The maximum atomic E-state index is 12.4. The van der Waals surface area contributed by atoms with Gasteiger partial charge in [-0.1, -0.05) is 32.6 Å². The zero-order valence-corrected chi connectivity index (χ0v) is 46.7. The summed E-state index contributed by atoms with van der Waals surface area (Å²) in [7, 11) is 4.47. The number of likely N-dealkylation sites (tertiary alicyclic amines) is 4. The molecule has 395 valence electrons. The fraction of sp³-hybridized carbons (Fsp3) is 0.875. The van der Waals surface area contributed by atoms with Crippen LogP contribution in [-0.4, -0.2) is 179 Å². The Bertz CT molecular complexity index is 1550. The van der Waals surface area contributed by atoms with Crippen molar-refractivity contribution in [3.05, 3.63) is 0 Å². The van der Waals surface area contributed by atoms with Crippen LogP contribution in [0.3, 0.4) is 0 Å². The van der Waals surface area contributed by atoms with Crippen LogP contribution in [0, 0.1) is 0 Å². The van der Waals surface area contributed by atoms with E-state index in [0.29, 0.717) is 43.3 Å². The molecule has 69 heavy (non-hydrogen) atoms. The number of ether oxygens (including phenoxy) is 3. The second kappa shape index (κ2) is 32.1. The molecule has 0 aromatic rings. The summed E-state index contributed by atoms with van der Waals surface area (Å²) >= 11 is 0. The summed E-state index contributed by atoms with van der Waals surface area (Å²) in [5, 5.41) is 3.85. The molecule has 0 spiro atoms. The van der Waals surface area contributed by atoms with E-state index in [-0.39, 0.29) is 81.5 Å². The standard InChI is InChI=1S/C21H40N4O2.C15H26N2O3.C6H14N2.C4H6O3.C2H3BO.Na.2H2O/c1-20(2,3)27-19(26)24-14-11-21(4,15-24)25-12-9-16(10-13-25)23-18-8-6-5-7-17(18)22;1-14(2,3)20-13(19)16-10-7-15(4,11-16)17-8-5-12(18)6-9-17;7-5-3-1-2-4-6(5)8;1-3(5)7-4(2)6;1-2(3)4;;;/h16-18,23H,5-15,22H2,1-4H3;5-11H2,1-4H3;5-6H,1-4,7-8H2;1-2H3;1H3;;2*1H2/q;;;;-1;+1;;/t17-,18-,21?;;5-,6-;;;;;/m1.1...../s1. The molecule has 6 fully saturated rings. The minimum Gasteiger partial charge on any atom is -0.528 e. The number of rotatable bonds is 4. The first-order chi connectivity index (χ1) is 30.5. The van der Waals surface area contributed by atoms with Gasteiger partial charge in [-0.3, -0.25) is 24.2 Å². The molecule has 2 amide bonds. The molecule has 0 bridgehead atoms. The summed E-state index contributed by atoms with van der Waals surface area (Å²) in [4.78, 5) is 73.3. The minimum atomic E-state index is -0.562. The molecule has 19 nitrogen and oxygen atoms in total. The van der Waals surface area contributed by atoms with Crippen LogP contribution >= 0.6 is 0 Å². The number of nitrogens with one attached hydrogen (secondary N) is 1. The van der Waals surface area contributed by atoms with Gasteiger partial charge in [0.2, 0.25) is 0 Å². The number of carbonyl (C=O) groups excluding carboxylic acids is 6. The van der Waals surface area contributed by atoms with Gasteiger partial charge in [0.25, 0.3) is 0 Å². The Morgan fingerprint density at radius 2 is 0.957 bits per heavy atom. The number of amides is 2. The third-order valence-electron chi connectivity index (χ3n) is 13.0. The van der Waals surface area contributed by atoms with Crippen LogP contribution in [-0.2, 0) is 33.4 Å². The summed E-state index contributed by atoms with van der Waals surface area (Å²) in [6, 6.07) is 1.97. The second-order valence-electron chi connectivity index (χ2n) is 21.6. The molecule has 6 aliphatic rings. The van der Waals surface area contributed by atoms with Gasteiger partial charge in [-0.05, 0) is 107 Å². The third-order valence-corrected chi connectivity index (χ3v) is 13.0. The minimum absolute atomic E-state index is 0. The van der Waals surface area contributed by atoms with E-state index in [4.69, 9.17) is 26.7 Å². The van der Waals surface area contributed by atoms with Crippen molar-refractivity contribution in [2.75, 3.05) is 52.4 Å². The quantitative estimate of drug-likeness (QED) is 0.126. The molecule has 21 heteroatoms. The van der Waals surface area contributed by atoms with E-state index >= 15 is 0 Å². The van der Waals surface area contributed by atoms with E-state index < -0.39 is 23.1 Å². The molecule has 11 N–H and O–H groups in total. The Hall–Kier alpha value is -2.24. The van der Waals surface area contributed by atoms with E-state index in [9.17, 15) is 28.8 Å². The average molecular weight is 992 g/mol. The van der Waals surface area contributed by atoms with Crippen LogP contribution < -0.4 is 52.1 Å². The molecule has 6 rings (SSSR count). The number of piperidine rings is 2. The largest absolute Gasteiger partial charge is 1.00 e. The molecular formula is C48H93BN8NaO11. The molecule has 4 saturated heterocycles. The molecular weight excluding hydrogens is 898 g/mol. The van der Waals surface area contributed by atoms with Crippen LogP contribution in [0.2, 0.25) is 0 Å². The number of carbonyl (C=O) groups is 6. The van der Waals surface area contributed by atoms with Crippen molar-refractivity contribution < 1.29 is 83.5 Å². The summed E-state index contributed by atoms with van der Waals surface area (Å²) in [6.45, 7) is 26.4. The number of ketones is 1. The second-order valence-corrected chi connectivity index (χ2v) is 21.6. The Kier molecular flexibility index (Phi) is 32.0. The summed E-state index contributed by atoms with van der Waals surface area (Å²) in [5.74, 6) is -0.771. The molecule has 4 aliphatic heterocycles. The van der Waals surface area contributed by atoms with Crippen LogP contribution in [0.4, 0.5) is 9.59 Å².